The van der Waals surface area contributed by atoms with E-state index in [9.17, 15) is 4.79 Å². The van der Waals surface area contributed by atoms with Crippen molar-refractivity contribution < 1.29 is 24.0 Å². The molecule has 5 nitrogen and oxygen atoms in total. The van der Waals surface area contributed by atoms with E-state index in [2.05, 4.69) is 20.8 Å². The molecule has 3 aromatic rings. The fraction of sp³-hybridized carbons (Fsp3) is 0.321. The average Bonchev–Trinajstić information content (AvgIpc) is 2.83. The molecule has 0 saturated carbocycles. The van der Waals surface area contributed by atoms with E-state index in [-0.39, 0.29) is 5.41 Å². The Hall–Kier alpha value is -3.18. The summed E-state index contributed by atoms with van der Waals surface area (Å²) in [4.78, 5) is 22.7. The minimum Gasteiger partial charge on any atom is -0.493 e. The van der Waals surface area contributed by atoms with Gasteiger partial charge in [-0.05, 0) is 72.0 Å². The van der Waals surface area contributed by atoms with Gasteiger partial charge in [0.1, 0.15) is 11.5 Å². The Labute approximate surface area is 206 Å². The quantitative estimate of drug-likeness (QED) is 0.175. The highest BCUT2D eigenvalue weighted by Gasteiger charge is 2.19. The molecule has 1 atom stereocenters. The summed E-state index contributed by atoms with van der Waals surface area (Å²) in [5.74, 6) is 1.05. The van der Waals surface area contributed by atoms with Gasteiger partial charge in [0, 0.05) is 11.4 Å². The number of halogens is 1. The van der Waals surface area contributed by atoms with E-state index in [1.54, 1.807) is 31.2 Å². The van der Waals surface area contributed by atoms with Crippen LogP contribution in [0.2, 0.25) is 5.02 Å². The standard InChI is InChI=1S/C28H31ClO5/c1-20(27(30)34-33-26-14-8-22(9-15-26)28(2,3)4)21-6-12-24(13-7-21)31-18-5-19-32-25-16-10-23(29)11-17-25/h6-17,20H,5,18-19H2,1-4H3. The van der Waals surface area contributed by atoms with E-state index in [0.717, 1.165) is 23.5 Å². The molecule has 180 valence electrons. The Morgan fingerprint density at radius 3 is 1.82 bits per heavy atom. The van der Waals surface area contributed by atoms with Crippen LogP contribution in [0.4, 0.5) is 0 Å². The third-order valence-electron chi connectivity index (χ3n) is 5.31. The molecule has 3 rings (SSSR count). The van der Waals surface area contributed by atoms with Crippen LogP contribution in [0, 0.1) is 0 Å². The smallest absolute Gasteiger partial charge is 0.362 e. The highest BCUT2D eigenvalue weighted by molar-refractivity contribution is 6.30. The first-order valence-corrected chi connectivity index (χ1v) is 11.7. The molecule has 0 N–H and O–H groups in total. The zero-order chi connectivity index (χ0) is 24.6. The molecule has 1 unspecified atom stereocenters. The van der Waals surface area contributed by atoms with Gasteiger partial charge in [-0.3, -0.25) is 4.89 Å². The van der Waals surface area contributed by atoms with Gasteiger partial charge in [0.05, 0.1) is 19.1 Å². The number of hydrogen-bond acceptors (Lipinski definition) is 5. The van der Waals surface area contributed by atoms with E-state index in [1.807, 2.05) is 48.5 Å². The van der Waals surface area contributed by atoms with Crippen LogP contribution in [0.25, 0.3) is 0 Å². The average molecular weight is 483 g/mol. The van der Waals surface area contributed by atoms with E-state index >= 15 is 0 Å². The van der Waals surface area contributed by atoms with Gasteiger partial charge >= 0.3 is 5.97 Å². The lowest BCUT2D eigenvalue weighted by Gasteiger charge is -2.19. The number of carbonyl (C=O) groups excluding carboxylic acids is 1. The van der Waals surface area contributed by atoms with E-state index in [4.69, 9.17) is 30.8 Å². The largest absolute Gasteiger partial charge is 0.493 e. The minimum atomic E-state index is -0.476. The van der Waals surface area contributed by atoms with Crippen LogP contribution in [0.15, 0.2) is 72.8 Å². The van der Waals surface area contributed by atoms with Gasteiger partial charge < -0.3 is 9.47 Å². The second-order valence-corrected chi connectivity index (χ2v) is 9.49. The predicted molar refractivity (Wildman–Crippen MR) is 134 cm³/mol. The first-order valence-electron chi connectivity index (χ1n) is 11.3. The Morgan fingerprint density at radius 2 is 1.29 bits per heavy atom. The molecule has 0 aromatic heterocycles. The van der Waals surface area contributed by atoms with Gasteiger partial charge in [-0.1, -0.05) is 56.6 Å². The monoisotopic (exact) mass is 482 g/mol. The lowest BCUT2D eigenvalue weighted by molar-refractivity contribution is -0.215. The predicted octanol–water partition coefficient (Wildman–Crippen LogP) is 7.13. The molecule has 3 aromatic carbocycles. The van der Waals surface area contributed by atoms with E-state index in [0.29, 0.717) is 24.0 Å². The maximum absolute atomic E-state index is 12.4. The first kappa shape index (κ1) is 25.4. The van der Waals surface area contributed by atoms with Gasteiger partial charge in [0.25, 0.3) is 0 Å². The normalized spacial score (nSPS) is 12.0. The van der Waals surface area contributed by atoms with Gasteiger partial charge in [-0.25, -0.2) is 9.68 Å². The molecule has 0 saturated heterocycles. The second-order valence-electron chi connectivity index (χ2n) is 9.06. The molecule has 0 spiro atoms. The summed E-state index contributed by atoms with van der Waals surface area (Å²) in [5.41, 5.74) is 2.04. The summed E-state index contributed by atoms with van der Waals surface area (Å²) < 4.78 is 11.4. The van der Waals surface area contributed by atoms with E-state index < -0.39 is 11.9 Å². The maximum Gasteiger partial charge on any atom is 0.362 e. The van der Waals surface area contributed by atoms with Gasteiger partial charge in [-0.2, -0.15) is 0 Å². The van der Waals surface area contributed by atoms with Crippen molar-refractivity contribution in [2.45, 2.75) is 45.4 Å². The summed E-state index contributed by atoms with van der Waals surface area (Å²) in [5, 5.41) is 0.681. The molecule has 0 amide bonds. The van der Waals surface area contributed by atoms with Crippen molar-refractivity contribution in [1.82, 2.24) is 0 Å². The minimum absolute atomic E-state index is 0.0464. The number of benzene rings is 3. The lowest BCUT2D eigenvalue weighted by atomic mass is 9.87. The maximum atomic E-state index is 12.4. The molecule has 0 fully saturated rings. The lowest BCUT2D eigenvalue weighted by Crippen LogP contribution is -2.15. The van der Waals surface area contributed by atoms with Gasteiger partial charge in [-0.15, -0.1) is 0 Å². The van der Waals surface area contributed by atoms with Gasteiger partial charge in [0.15, 0.2) is 5.75 Å². The van der Waals surface area contributed by atoms with Crippen LogP contribution in [0.5, 0.6) is 17.2 Å². The molecular formula is C28H31ClO5. The second kappa shape index (κ2) is 11.8. The third kappa shape index (κ3) is 7.70. The van der Waals surface area contributed by atoms with Crippen molar-refractivity contribution in [3.8, 4) is 17.2 Å². The summed E-state index contributed by atoms with van der Waals surface area (Å²) in [6.07, 6.45) is 0.737. The van der Waals surface area contributed by atoms with E-state index in [1.165, 1.54) is 5.56 Å². The van der Waals surface area contributed by atoms with Crippen molar-refractivity contribution >= 4 is 17.6 Å². The van der Waals surface area contributed by atoms with Crippen LogP contribution in [-0.2, 0) is 15.1 Å². The Balaban J connectivity index is 1.39. The summed E-state index contributed by atoms with van der Waals surface area (Å²) in [7, 11) is 0. The van der Waals surface area contributed by atoms with Crippen molar-refractivity contribution in [2.75, 3.05) is 13.2 Å². The summed E-state index contributed by atoms with van der Waals surface area (Å²) in [6.45, 7) is 9.25. The van der Waals surface area contributed by atoms with Crippen LogP contribution < -0.4 is 14.4 Å². The molecule has 0 aliphatic carbocycles. The van der Waals surface area contributed by atoms with Crippen LogP contribution in [-0.4, -0.2) is 19.2 Å². The number of hydrogen-bond donors (Lipinski definition) is 0. The van der Waals surface area contributed by atoms with Crippen molar-refractivity contribution in [2.24, 2.45) is 0 Å². The summed E-state index contributed by atoms with van der Waals surface area (Å²) in [6, 6.07) is 22.2. The summed E-state index contributed by atoms with van der Waals surface area (Å²) >= 11 is 5.86. The number of rotatable bonds is 10. The third-order valence-corrected chi connectivity index (χ3v) is 5.57. The Kier molecular flexibility index (Phi) is 8.83. The highest BCUT2D eigenvalue weighted by Crippen LogP contribution is 2.25. The Morgan fingerprint density at radius 1 is 0.794 bits per heavy atom. The topological polar surface area (TPSA) is 54.0 Å². The SMILES string of the molecule is CC(C(=O)OOc1ccc(C(C)(C)C)cc1)c1ccc(OCCCOc2ccc(Cl)cc2)cc1. The van der Waals surface area contributed by atoms with Crippen LogP contribution in [0.1, 0.15) is 51.2 Å². The molecular weight excluding hydrogens is 452 g/mol. The van der Waals surface area contributed by atoms with Crippen molar-refractivity contribution in [3.63, 3.8) is 0 Å². The zero-order valence-corrected chi connectivity index (χ0v) is 20.8. The molecule has 0 radical (unpaired) electrons. The van der Waals surface area contributed by atoms with Gasteiger partial charge in [0.2, 0.25) is 0 Å². The molecule has 0 heterocycles. The highest BCUT2D eigenvalue weighted by atomic mass is 35.5. The Bertz CT molecular complexity index is 1040. The van der Waals surface area contributed by atoms with Crippen molar-refractivity contribution in [1.29, 1.82) is 0 Å². The zero-order valence-electron chi connectivity index (χ0n) is 20.0. The molecule has 0 aliphatic rings. The molecule has 0 bridgehead atoms. The van der Waals surface area contributed by atoms with Crippen LogP contribution >= 0.6 is 11.6 Å². The molecule has 34 heavy (non-hydrogen) atoms. The molecule has 6 heteroatoms. The first-order chi connectivity index (χ1) is 16.2. The fourth-order valence-corrected chi connectivity index (χ4v) is 3.26. The molecule has 0 aliphatic heterocycles. The van der Waals surface area contributed by atoms with Crippen LogP contribution in [0.3, 0.4) is 0 Å². The number of ether oxygens (including phenoxy) is 2. The van der Waals surface area contributed by atoms with Crippen molar-refractivity contribution in [3.05, 3.63) is 88.9 Å². The fourth-order valence-electron chi connectivity index (χ4n) is 3.13. The number of carbonyl (C=O) groups is 1.